The second-order valence-corrected chi connectivity index (χ2v) is 7.53. The Morgan fingerprint density at radius 3 is 2.43 bits per heavy atom. The molecule has 0 saturated heterocycles. The van der Waals surface area contributed by atoms with Crippen LogP contribution in [0.4, 0.5) is 0 Å². The zero-order valence-corrected chi connectivity index (χ0v) is 17.9. The third kappa shape index (κ3) is 6.17. The molecule has 2 rings (SSSR count). The van der Waals surface area contributed by atoms with Crippen molar-refractivity contribution in [1.82, 2.24) is 14.5 Å². The fraction of sp³-hybridized carbons (Fsp3) is 0.500. The second kappa shape index (κ2) is 10.4. The van der Waals surface area contributed by atoms with Gasteiger partial charge in [-0.15, -0.1) is 0 Å². The highest BCUT2D eigenvalue weighted by Gasteiger charge is 2.17. The van der Waals surface area contributed by atoms with Crippen LogP contribution in [-0.2, 0) is 20.8 Å². The highest BCUT2D eigenvalue weighted by Crippen LogP contribution is 2.17. The summed E-state index contributed by atoms with van der Waals surface area (Å²) in [5, 5.41) is 0.528. The molecule has 0 aliphatic rings. The number of esters is 1. The lowest BCUT2D eigenvalue weighted by Crippen LogP contribution is -2.16. The van der Waals surface area contributed by atoms with E-state index in [0.29, 0.717) is 17.3 Å². The number of rotatable bonds is 10. The summed E-state index contributed by atoms with van der Waals surface area (Å²) in [6, 6.07) is 3.71. The first-order valence-electron chi connectivity index (χ1n) is 9.11. The fourth-order valence-electron chi connectivity index (χ4n) is 2.94. The topological polar surface area (TPSA) is 83.3 Å². The van der Waals surface area contributed by atoms with Crippen molar-refractivity contribution in [3.63, 3.8) is 0 Å². The molecule has 152 valence electrons. The molecule has 0 radical (unpaired) electrons. The van der Waals surface area contributed by atoms with E-state index in [-0.39, 0.29) is 18.1 Å². The number of carbonyl (C=O) groups is 2. The maximum Gasteiger partial charge on any atom is 0.316 e. The maximum absolute atomic E-state index is 12.5. The Morgan fingerprint density at radius 1 is 1.11 bits per heavy atom. The molecule has 0 saturated carbocycles. The monoisotopic (exact) mass is 405 g/mol. The predicted octanol–water partition coefficient (Wildman–Crippen LogP) is 3.07. The summed E-state index contributed by atoms with van der Waals surface area (Å²) in [5.41, 5.74) is 4.17. The van der Waals surface area contributed by atoms with Crippen LogP contribution >= 0.6 is 11.8 Å². The summed E-state index contributed by atoms with van der Waals surface area (Å²) >= 11 is 1.20. The van der Waals surface area contributed by atoms with Gasteiger partial charge in [-0.2, -0.15) is 0 Å². The molecule has 0 amide bonds. The van der Waals surface area contributed by atoms with E-state index in [2.05, 4.69) is 14.5 Å². The van der Waals surface area contributed by atoms with Crippen molar-refractivity contribution in [2.75, 3.05) is 26.1 Å². The third-order valence-electron chi connectivity index (χ3n) is 4.25. The van der Waals surface area contributed by atoms with Gasteiger partial charge in [0, 0.05) is 48.6 Å². The van der Waals surface area contributed by atoms with E-state index in [9.17, 15) is 9.59 Å². The first-order chi connectivity index (χ1) is 13.3. The van der Waals surface area contributed by atoms with Crippen LogP contribution in [0.5, 0.6) is 0 Å². The number of carbonyl (C=O) groups excluding carboxylic acids is 2. The lowest BCUT2D eigenvalue weighted by atomic mass is 10.1. The van der Waals surface area contributed by atoms with Gasteiger partial charge in [-0.3, -0.25) is 9.59 Å². The zero-order chi connectivity index (χ0) is 20.7. The van der Waals surface area contributed by atoms with E-state index in [1.54, 1.807) is 7.11 Å². The van der Waals surface area contributed by atoms with Crippen molar-refractivity contribution in [3.05, 3.63) is 40.5 Å². The number of methoxy groups -OCH3 is 1. The summed E-state index contributed by atoms with van der Waals surface area (Å²) in [6.07, 6.45) is 0.868. The normalized spacial score (nSPS) is 10.9. The molecule has 2 heterocycles. The van der Waals surface area contributed by atoms with Crippen molar-refractivity contribution in [2.45, 2.75) is 45.8 Å². The quantitative estimate of drug-likeness (QED) is 0.197. The number of Topliss-reactive ketones (excluding diaryl/α,β-unsaturated/α-hetero) is 1. The molecule has 0 bridgehead atoms. The maximum atomic E-state index is 12.5. The lowest BCUT2D eigenvalue weighted by molar-refractivity contribution is -0.139. The highest BCUT2D eigenvalue weighted by atomic mass is 32.2. The van der Waals surface area contributed by atoms with Gasteiger partial charge in [0.15, 0.2) is 11.8 Å². The molecule has 0 aliphatic heterocycles. The Balaban J connectivity index is 1.87. The van der Waals surface area contributed by atoms with Gasteiger partial charge in [-0.05, 0) is 46.2 Å². The van der Waals surface area contributed by atoms with Gasteiger partial charge in [0.25, 0.3) is 0 Å². The van der Waals surface area contributed by atoms with Gasteiger partial charge in [0.1, 0.15) is 0 Å². The molecule has 0 atom stereocenters. The number of hydrogen-bond acceptors (Lipinski definition) is 7. The standard InChI is InChI=1S/C20H27N3O4S/c1-13-9-14(2)22-20(21-13)28-12-19(25)27-11-18(24)17-10-15(3)23(16(17)4)7-6-8-26-5/h9-10H,6-8,11-12H2,1-5H3. The van der Waals surface area contributed by atoms with Crippen molar-refractivity contribution in [2.24, 2.45) is 0 Å². The minimum Gasteiger partial charge on any atom is -0.457 e. The minimum atomic E-state index is -0.463. The molecule has 0 spiro atoms. The van der Waals surface area contributed by atoms with Crippen LogP contribution < -0.4 is 0 Å². The largest absolute Gasteiger partial charge is 0.457 e. The van der Waals surface area contributed by atoms with E-state index in [4.69, 9.17) is 9.47 Å². The number of nitrogens with zero attached hydrogens (tertiary/aromatic N) is 3. The summed E-state index contributed by atoms with van der Waals surface area (Å²) in [6.45, 7) is 8.80. The first-order valence-corrected chi connectivity index (χ1v) is 10.1. The fourth-order valence-corrected chi connectivity index (χ4v) is 3.69. The van der Waals surface area contributed by atoms with Gasteiger partial charge < -0.3 is 14.0 Å². The van der Waals surface area contributed by atoms with Crippen molar-refractivity contribution in [3.8, 4) is 0 Å². The van der Waals surface area contributed by atoms with Gasteiger partial charge in [0.2, 0.25) is 5.78 Å². The summed E-state index contributed by atoms with van der Waals surface area (Å²) in [5.74, 6) is -0.603. The van der Waals surface area contributed by atoms with Crippen LogP contribution in [0.3, 0.4) is 0 Å². The molecule has 0 unspecified atom stereocenters. The highest BCUT2D eigenvalue weighted by molar-refractivity contribution is 7.99. The summed E-state index contributed by atoms with van der Waals surface area (Å²) in [7, 11) is 1.67. The Hall–Kier alpha value is -2.19. The van der Waals surface area contributed by atoms with Crippen molar-refractivity contribution in [1.29, 1.82) is 0 Å². The van der Waals surface area contributed by atoms with E-state index in [1.165, 1.54) is 11.8 Å². The Labute approximate surface area is 169 Å². The average molecular weight is 406 g/mol. The van der Waals surface area contributed by atoms with E-state index >= 15 is 0 Å². The third-order valence-corrected chi connectivity index (χ3v) is 5.07. The van der Waals surface area contributed by atoms with E-state index in [0.717, 1.165) is 35.7 Å². The molecular weight excluding hydrogens is 378 g/mol. The number of ether oxygens (including phenoxy) is 2. The number of hydrogen-bond donors (Lipinski definition) is 0. The van der Waals surface area contributed by atoms with E-state index < -0.39 is 5.97 Å². The lowest BCUT2D eigenvalue weighted by Gasteiger charge is -2.09. The van der Waals surface area contributed by atoms with Gasteiger partial charge >= 0.3 is 5.97 Å². The first kappa shape index (κ1) is 22.1. The Kier molecular flexibility index (Phi) is 8.19. The molecule has 28 heavy (non-hydrogen) atoms. The van der Waals surface area contributed by atoms with Crippen LogP contribution in [0.25, 0.3) is 0 Å². The van der Waals surface area contributed by atoms with Crippen LogP contribution in [0.1, 0.15) is 39.6 Å². The molecule has 7 nitrogen and oxygen atoms in total. The zero-order valence-electron chi connectivity index (χ0n) is 17.1. The average Bonchev–Trinajstić information content (AvgIpc) is 2.92. The molecule has 0 aliphatic carbocycles. The van der Waals surface area contributed by atoms with Crippen molar-refractivity contribution >= 4 is 23.5 Å². The van der Waals surface area contributed by atoms with Crippen LogP contribution in [0.15, 0.2) is 17.3 Å². The Morgan fingerprint density at radius 2 is 1.79 bits per heavy atom. The molecule has 0 N–H and O–H groups in total. The molecule has 0 fully saturated rings. The number of thioether (sulfide) groups is 1. The summed E-state index contributed by atoms with van der Waals surface area (Å²) < 4.78 is 12.3. The van der Waals surface area contributed by atoms with Crippen LogP contribution in [0, 0.1) is 27.7 Å². The molecule has 8 heteroatoms. The Bertz CT molecular complexity index is 828. The SMILES string of the molecule is COCCCn1c(C)cc(C(=O)COC(=O)CSc2nc(C)cc(C)n2)c1C. The molecule has 2 aromatic heterocycles. The smallest absolute Gasteiger partial charge is 0.316 e. The van der Waals surface area contributed by atoms with E-state index in [1.807, 2.05) is 39.8 Å². The van der Waals surface area contributed by atoms with Gasteiger partial charge in [-0.25, -0.2) is 9.97 Å². The van der Waals surface area contributed by atoms with Crippen LogP contribution in [-0.4, -0.2) is 52.4 Å². The second-order valence-electron chi connectivity index (χ2n) is 6.59. The number of ketones is 1. The number of aromatic nitrogens is 3. The minimum absolute atomic E-state index is 0.0617. The molecule has 0 aromatic carbocycles. The van der Waals surface area contributed by atoms with Gasteiger partial charge in [-0.1, -0.05) is 11.8 Å². The molecule has 2 aromatic rings. The van der Waals surface area contributed by atoms with Crippen molar-refractivity contribution < 1.29 is 19.1 Å². The summed E-state index contributed by atoms with van der Waals surface area (Å²) in [4.78, 5) is 33.0. The van der Waals surface area contributed by atoms with Crippen LogP contribution in [0.2, 0.25) is 0 Å². The predicted molar refractivity (Wildman–Crippen MR) is 108 cm³/mol. The molecular formula is C20H27N3O4S. The van der Waals surface area contributed by atoms with Gasteiger partial charge in [0.05, 0.1) is 5.75 Å². The number of aryl methyl sites for hydroxylation is 3.